The van der Waals surface area contributed by atoms with E-state index in [9.17, 15) is 4.39 Å². The van der Waals surface area contributed by atoms with Crippen LogP contribution in [-0.4, -0.2) is 12.6 Å². The Morgan fingerprint density at radius 1 is 1.10 bits per heavy atom. The van der Waals surface area contributed by atoms with Crippen molar-refractivity contribution in [2.24, 2.45) is 0 Å². The quantitative estimate of drug-likeness (QED) is 0.513. The lowest BCUT2D eigenvalue weighted by molar-refractivity contribution is 0.452. The van der Waals surface area contributed by atoms with Crippen molar-refractivity contribution < 1.29 is 4.39 Å². The summed E-state index contributed by atoms with van der Waals surface area (Å²) in [6, 6.07) is 5.17. The maximum atomic E-state index is 13.8. The van der Waals surface area contributed by atoms with Crippen molar-refractivity contribution in [3.63, 3.8) is 0 Å². The molecule has 0 amide bonds. The standard InChI is InChI=1S/C18H29ClFN/c1-3-5-6-7-8-9-10-17(21-4-2)14-15-13-16(19)11-12-18(15)20/h11-13,17,21H,3-10,14H2,1-2H3. The molecule has 0 aliphatic heterocycles. The van der Waals surface area contributed by atoms with Crippen molar-refractivity contribution in [3.05, 3.63) is 34.6 Å². The highest BCUT2D eigenvalue weighted by Crippen LogP contribution is 2.18. The van der Waals surface area contributed by atoms with E-state index in [1.807, 2.05) is 0 Å². The van der Waals surface area contributed by atoms with E-state index in [0.717, 1.165) is 24.9 Å². The normalized spacial score (nSPS) is 12.6. The van der Waals surface area contributed by atoms with Gasteiger partial charge in [-0.1, -0.05) is 64.0 Å². The lowest BCUT2D eigenvalue weighted by Gasteiger charge is -2.18. The van der Waals surface area contributed by atoms with Crippen LogP contribution in [0.25, 0.3) is 0 Å². The van der Waals surface area contributed by atoms with Gasteiger partial charge in [0.1, 0.15) is 5.82 Å². The third-order valence-electron chi connectivity index (χ3n) is 3.87. The number of hydrogen-bond donors (Lipinski definition) is 1. The molecule has 0 fully saturated rings. The molecule has 0 aromatic heterocycles. The van der Waals surface area contributed by atoms with E-state index in [-0.39, 0.29) is 5.82 Å². The van der Waals surface area contributed by atoms with Gasteiger partial charge in [0.05, 0.1) is 0 Å². The predicted octanol–water partition coefficient (Wildman–Crippen LogP) is 5.75. The number of hydrogen-bond acceptors (Lipinski definition) is 1. The maximum absolute atomic E-state index is 13.8. The van der Waals surface area contributed by atoms with Crippen molar-refractivity contribution in [2.75, 3.05) is 6.54 Å². The Balaban J connectivity index is 2.40. The molecular formula is C18H29ClFN. The summed E-state index contributed by atoms with van der Waals surface area (Å²) < 4.78 is 13.8. The number of benzene rings is 1. The van der Waals surface area contributed by atoms with Gasteiger partial charge in [-0.25, -0.2) is 4.39 Å². The summed E-state index contributed by atoms with van der Waals surface area (Å²) in [6.07, 6.45) is 9.59. The van der Waals surface area contributed by atoms with Gasteiger partial charge in [0, 0.05) is 11.1 Å². The minimum absolute atomic E-state index is 0.148. The van der Waals surface area contributed by atoms with E-state index in [4.69, 9.17) is 11.6 Å². The van der Waals surface area contributed by atoms with E-state index in [2.05, 4.69) is 19.2 Å². The van der Waals surface area contributed by atoms with Crippen LogP contribution in [0.4, 0.5) is 4.39 Å². The molecule has 1 atom stereocenters. The summed E-state index contributed by atoms with van der Waals surface area (Å²) in [5.74, 6) is -0.148. The highest BCUT2D eigenvalue weighted by atomic mass is 35.5. The minimum Gasteiger partial charge on any atom is -0.314 e. The number of likely N-dealkylation sites (N-methyl/N-ethyl adjacent to an activating group) is 1. The highest BCUT2D eigenvalue weighted by molar-refractivity contribution is 6.30. The van der Waals surface area contributed by atoms with Crippen LogP contribution >= 0.6 is 11.6 Å². The molecule has 1 aromatic rings. The number of unbranched alkanes of at least 4 members (excludes halogenated alkanes) is 5. The van der Waals surface area contributed by atoms with Gasteiger partial charge in [0.25, 0.3) is 0 Å². The van der Waals surface area contributed by atoms with Crippen LogP contribution in [0, 0.1) is 5.82 Å². The van der Waals surface area contributed by atoms with Crippen LogP contribution in [-0.2, 0) is 6.42 Å². The Hall–Kier alpha value is -0.600. The summed E-state index contributed by atoms with van der Waals surface area (Å²) >= 11 is 5.97. The molecule has 1 N–H and O–H groups in total. The van der Waals surface area contributed by atoms with Crippen molar-refractivity contribution in [3.8, 4) is 0 Å². The Bertz CT molecular complexity index is 395. The molecule has 0 spiro atoms. The molecule has 3 heteroatoms. The Kier molecular flexibility index (Phi) is 9.69. The van der Waals surface area contributed by atoms with E-state index in [0.29, 0.717) is 11.1 Å². The fraction of sp³-hybridized carbons (Fsp3) is 0.667. The van der Waals surface area contributed by atoms with Gasteiger partial charge in [-0.3, -0.25) is 0 Å². The van der Waals surface area contributed by atoms with Gasteiger partial charge in [-0.05, 0) is 43.1 Å². The van der Waals surface area contributed by atoms with Crippen LogP contribution < -0.4 is 5.32 Å². The summed E-state index contributed by atoms with van der Waals surface area (Å²) in [5.41, 5.74) is 0.722. The molecule has 0 heterocycles. The molecule has 0 saturated carbocycles. The lowest BCUT2D eigenvalue weighted by atomic mass is 9.99. The third-order valence-corrected chi connectivity index (χ3v) is 4.11. The number of halogens is 2. The number of nitrogens with one attached hydrogen (secondary N) is 1. The molecule has 1 aromatic carbocycles. The predicted molar refractivity (Wildman–Crippen MR) is 90.6 cm³/mol. The first-order valence-corrected chi connectivity index (χ1v) is 8.72. The second kappa shape index (κ2) is 11.0. The SMILES string of the molecule is CCCCCCCCC(Cc1cc(Cl)ccc1F)NCC. The molecule has 0 aliphatic carbocycles. The van der Waals surface area contributed by atoms with Crippen LogP contribution in [0.5, 0.6) is 0 Å². The molecule has 1 unspecified atom stereocenters. The van der Waals surface area contributed by atoms with Crippen LogP contribution in [0.2, 0.25) is 5.02 Å². The molecule has 1 rings (SSSR count). The molecule has 120 valence electrons. The van der Waals surface area contributed by atoms with Gasteiger partial charge in [-0.15, -0.1) is 0 Å². The van der Waals surface area contributed by atoms with Gasteiger partial charge < -0.3 is 5.32 Å². The van der Waals surface area contributed by atoms with Crippen molar-refractivity contribution >= 4 is 11.6 Å². The van der Waals surface area contributed by atoms with Crippen molar-refractivity contribution in [1.82, 2.24) is 5.32 Å². The first kappa shape index (κ1) is 18.4. The van der Waals surface area contributed by atoms with Crippen LogP contribution in [0.15, 0.2) is 18.2 Å². The summed E-state index contributed by atoms with van der Waals surface area (Å²) in [7, 11) is 0. The molecule has 0 saturated heterocycles. The smallest absolute Gasteiger partial charge is 0.126 e. The number of rotatable bonds is 11. The molecule has 1 nitrogen and oxygen atoms in total. The highest BCUT2D eigenvalue weighted by Gasteiger charge is 2.11. The molecule has 0 aliphatic rings. The van der Waals surface area contributed by atoms with E-state index >= 15 is 0 Å². The summed E-state index contributed by atoms with van der Waals surface area (Å²) in [5, 5.41) is 4.08. The second-order valence-corrected chi connectivity index (χ2v) is 6.19. The van der Waals surface area contributed by atoms with Gasteiger partial charge >= 0.3 is 0 Å². The zero-order valence-electron chi connectivity index (χ0n) is 13.4. The second-order valence-electron chi connectivity index (χ2n) is 5.75. The lowest BCUT2D eigenvalue weighted by Crippen LogP contribution is -2.31. The zero-order chi connectivity index (χ0) is 15.5. The first-order valence-electron chi connectivity index (χ1n) is 8.34. The molecule has 21 heavy (non-hydrogen) atoms. The fourth-order valence-electron chi connectivity index (χ4n) is 2.70. The zero-order valence-corrected chi connectivity index (χ0v) is 14.2. The maximum Gasteiger partial charge on any atom is 0.126 e. The monoisotopic (exact) mass is 313 g/mol. The van der Waals surface area contributed by atoms with Gasteiger partial charge in [0.2, 0.25) is 0 Å². The minimum atomic E-state index is -0.148. The van der Waals surface area contributed by atoms with Gasteiger partial charge in [0.15, 0.2) is 0 Å². The average molecular weight is 314 g/mol. The first-order chi connectivity index (χ1) is 10.2. The fourth-order valence-corrected chi connectivity index (χ4v) is 2.90. The topological polar surface area (TPSA) is 12.0 Å². The molecule has 0 radical (unpaired) electrons. The summed E-state index contributed by atoms with van der Waals surface area (Å²) in [4.78, 5) is 0. The van der Waals surface area contributed by atoms with Crippen molar-refractivity contribution in [2.45, 2.75) is 71.3 Å². The summed E-state index contributed by atoms with van der Waals surface area (Å²) in [6.45, 7) is 5.26. The Labute approximate surface area is 134 Å². The van der Waals surface area contributed by atoms with Crippen LogP contribution in [0.3, 0.4) is 0 Å². The largest absolute Gasteiger partial charge is 0.314 e. The molecule has 0 bridgehead atoms. The van der Waals surface area contributed by atoms with Crippen LogP contribution in [0.1, 0.15) is 64.4 Å². The van der Waals surface area contributed by atoms with E-state index < -0.39 is 0 Å². The molecular weight excluding hydrogens is 285 g/mol. The van der Waals surface area contributed by atoms with E-state index in [1.54, 1.807) is 12.1 Å². The van der Waals surface area contributed by atoms with Crippen molar-refractivity contribution in [1.29, 1.82) is 0 Å². The third kappa shape index (κ3) is 7.82. The Morgan fingerprint density at radius 3 is 2.52 bits per heavy atom. The van der Waals surface area contributed by atoms with E-state index in [1.165, 1.54) is 44.6 Å². The average Bonchev–Trinajstić information content (AvgIpc) is 2.46. The Morgan fingerprint density at radius 2 is 1.81 bits per heavy atom. The van der Waals surface area contributed by atoms with Gasteiger partial charge in [-0.2, -0.15) is 0 Å².